The molecule has 0 aromatic carbocycles. The van der Waals surface area contributed by atoms with Crippen molar-refractivity contribution in [1.82, 2.24) is 10.2 Å². The Morgan fingerprint density at radius 3 is 2.68 bits per heavy atom. The SMILES string of the molecule is CCOC(=O)C1CCCN(C(=O)C2(COC)CCNCC2)C1. The molecule has 1 amide bonds. The maximum Gasteiger partial charge on any atom is 0.310 e. The molecule has 0 aromatic rings. The lowest BCUT2D eigenvalue weighted by Crippen LogP contribution is -2.54. The van der Waals surface area contributed by atoms with E-state index in [4.69, 9.17) is 9.47 Å². The molecule has 0 spiro atoms. The van der Waals surface area contributed by atoms with Crippen molar-refractivity contribution in [3.05, 3.63) is 0 Å². The van der Waals surface area contributed by atoms with Crippen LogP contribution in [0.3, 0.4) is 0 Å². The minimum atomic E-state index is -0.434. The summed E-state index contributed by atoms with van der Waals surface area (Å²) in [5.41, 5.74) is -0.434. The van der Waals surface area contributed by atoms with Gasteiger partial charge in [0.1, 0.15) is 0 Å². The number of hydrogen-bond acceptors (Lipinski definition) is 5. The molecule has 0 radical (unpaired) electrons. The van der Waals surface area contributed by atoms with E-state index in [-0.39, 0.29) is 17.8 Å². The standard InChI is InChI=1S/C16H28N2O4/c1-3-22-14(19)13-5-4-10-18(11-13)15(20)16(12-21-2)6-8-17-9-7-16/h13,17H,3-12H2,1-2H3. The van der Waals surface area contributed by atoms with Crippen LogP contribution in [-0.2, 0) is 19.1 Å². The van der Waals surface area contributed by atoms with Crippen molar-refractivity contribution in [3.8, 4) is 0 Å². The van der Waals surface area contributed by atoms with Crippen molar-refractivity contribution in [2.45, 2.75) is 32.6 Å². The molecule has 0 aliphatic carbocycles. The van der Waals surface area contributed by atoms with Gasteiger partial charge in [0.05, 0.1) is 24.5 Å². The lowest BCUT2D eigenvalue weighted by Gasteiger charge is -2.42. The highest BCUT2D eigenvalue weighted by molar-refractivity contribution is 5.84. The van der Waals surface area contributed by atoms with Gasteiger partial charge in [0, 0.05) is 20.2 Å². The Hall–Kier alpha value is -1.14. The fraction of sp³-hybridized carbons (Fsp3) is 0.875. The van der Waals surface area contributed by atoms with E-state index in [1.165, 1.54) is 0 Å². The largest absolute Gasteiger partial charge is 0.466 e. The summed E-state index contributed by atoms with van der Waals surface area (Å²) in [6, 6.07) is 0. The van der Waals surface area contributed by atoms with Gasteiger partial charge in [-0.1, -0.05) is 0 Å². The highest BCUT2D eigenvalue weighted by Crippen LogP contribution is 2.33. The van der Waals surface area contributed by atoms with Crippen molar-refractivity contribution in [2.24, 2.45) is 11.3 Å². The minimum absolute atomic E-state index is 0.143. The number of piperidine rings is 2. The summed E-state index contributed by atoms with van der Waals surface area (Å²) in [5.74, 6) is -0.213. The van der Waals surface area contributed by atoms with E-state index in [1.54, 1.807) is 7.11 Å². The van der Waals surface area contributed by atoms with Gasteiger partial charge < -0.3 is 19.7 Å². The third-order valence-corrected chi connectivity index (χ3v) is 4.76. The number of carbonyl (C=O) groups is 2. The van der Waals surface area contributed by atoms with Crippen LogP contribution >= 0.6 is 0 Å². The molecule has 1 unspecified atom stereocenters. The first kappa shape index (κ1) is 17.2. The van der Waals surface area contributed by atoms with Crippen molar-refractivity contribution in [2.75, 3.05) is 46.5 Å². The number of esters is 1. The van der Waals surface area contributed by atoms with E-state index >= 15 is 0 Å². The molecule has 0 saturated carbocycles. The first-order valence-electron chi connectivity index (χ1n) is 8.28. The Morgan fingerprint density at radius 2 is 2.05 bits per heavy atom. The van der Waals surface area contributed by atoms with Gasteiger partial charge in [-0.15, -0.1) is 0 Å². The lowest BCUT2D eigenvalue weighted by molar-refractivity contribution is -0.155. The predicted molar refractivity (Wildman–Crippen MR) is 82.3 cm³/mol. The summed E-state index contributed by atoms with van der Waals surface area (Å²) >= 11 is 0. The topological polar surface area (TPSA) is 67.9 Å². The summed E-state index contributed by atoms with van der Waals surface area (Å²) in [4.78, 5) is 26.9. The molecule has 1 atom stereocenters. The number of hydrogen-bond donors (Lipinski definition) is 1. The number of methoxy groups -OCH3 is 1. The fourth-order valence-electron chi connectivity index (χ4n) is 3.55. The van der Waals surface area contributed by atoms with E-state index in [0.717, 1.165) is 45.3 Å². The molecule has 2 fully saturated rings. The molecule has 2 rings (SSSR count). The van der Waals surface area contributed by atoms with Crippen LogP contribution in [0.25, 0.3) is 0 Å². The first-order chi connectivity index (χ1) is 10.6. The number of carbonyl (C=O) groups excluding carboxylic acids is 2. The molecule has 1 N–H and O–H groups in total. The monoisotopic (exact) mass is 312 g/mol. The van der Waals surface area contributed by atoms with Crippen molar-refractivity contribution < 1.29 is 19.1 Å². The normalized spacial score (nSPS) is 24.8. The smallest absolute Gasteiger partial charge is 0.310 e. The van der Waals surface area contributed by atoms with E-state index < -0.39 is 5.41 Å². The van der Waals surface area contributed by atoms with Gasteiger partial charge in [0.25, 0.3) is 0 Å². The number of nitrogens with one attached hydrogen (secondary N) is 1. The Morgan fingerprint density at radius 1 is 1.32 bits per heavy atom. The molecule has 0 bridgehead atoms. The van der Waals surface area contributed by atoms with E-state index in [1.807, 2.05) is 11.8 Å². The third kappa shape index (κ3) is 3.79. The third-order valence-electron chi connectivity index (χ3n) is 4.76. The fourth-order valence-corrected chi connectivity index (χ4v) is 3.55. The molecule has 0 aromatic heterocycles. The van der Waals surface area contributed by atoms with Crippen LogP contribution in [0.5, 0.6) is 0 Å². The van der Waals surface area contributed by atoms with Crippen LogP contribution in [0.4, 0.5) is 0 Å². The first-order valence-corrected chi connectivity index (χ1v) is 8.28. The molecule has 2 aliphatic heterocycles. The number of nitrogens with zero attached hydrogens (tertiary/aromatic N) is 1. The maximum absolute atomic E-state index is 13.1. The predicted octanol–water partition coefficient (Wildman–Crippen LogP) is 0.804. The Bertz CT molecular complexity index is 388. The van der Waals surface area contributed by atoms with Gasteiger partial charge in [-0.25, -0.2) is 0 Å². The Labute approximate surface area is 132 Å². The average molecular weight is 312 g/mol. The molecular weight excluding hydrogens is 284 g/mol. The van der Waals surface area contributed by atoms with Crippen LogP contribution in [0, 0.1) is 11.3 Å². The zero-order valence-corrected chi connectivity index (χ0v) is 13.7. The van der Waals surface area contributed by atoms with Gasteiger partial charge >= 0.3 is 5.97 Å². The van der Waals surface area contributed by atoms with Crippen molar-refractivity contribution >= 4 is 11.9 Å². The van der Waals surface area contributed by atoms with Gasteiger partial charge in [0.15, 0.2) is 0 Å². The molecular formula is C16H28N2O4. The summed E-state index contributed by atoms with van der Waals surface area (Å²) in [7, 11) is 1.65. The van der Waals surface area contributed by atoms with Crippen molar-refractivity contribution in [3.63, 3.8) is 0 Å². The summed E-state index contributed by atoms with van der Waals surface area (Å²) in [6.07, 6.45) is 3.25. The molecule has 2 saturated heterocycles. The Balaban J connectivity index is 2.04. The molecule has 2 heterocycles. The molecule has 22 heavy (non-hydrogen) atoms. The number of likely N-dealkylation sites (tertiary alicyclic amines) is 1. The van der Waals surface area contributed by atoms with Crippen LogP contribution in [0.1, 0.15) is 32.6 Å². The second kappa shape index (κ2) is 7.92. The van der Waals surface area contributed by atoms with Gasteiger partial charge in [-0.3, -0.25) is 9.59 Å². The highest BCUT2D eigenvalue weighted by atomic mass is 16.5. The zero-order valence-electron chi connectivity index (χ0n) is 13.7. The highest BCUT2D eigenvalue weighted by Gasteiger charge is 2.43. The number of ether oxygens (including phenoxy) is 2. The second-order valence-electron chi connectivity index (χ2n) is 6.31. The average Bonchev–Trinajstić information content (AvgIpc) is 2.55. The second-order valence-corrected chi connectivity index (χ2v) is 6.31. The van der Waals surface area contributed by atoms with Crippen LogP contribution in [-0.4, -0.2) is 63.3 Å². The quantitative estimate of drug-likeness (QED) is 0.761. The van der Waals surface area contributed by atoms with Gasteiger partial charge in [0.2, 0.25) is 5.91 Å². The summed E-state index contributed by atoms with van der Waals surface area (Å²) < 4.78 is 10.5. The molecule has 6 nitrogen and oxygen atoms in total. The van der Waals surface area contributed by atoms with E-state index in [0.29, 0.717) is 19.8 Å². The van der Waals surface area contributed by atoms with Crippen LogP contribution < -0.4 is 5.32 Å². The maximum atomic E-state index is 13.1. The van der Waals surface area contributed by atoms with Gasteiger partial charge in [-0.05, 0) is 45.7 Å². The molecule has 126 valence electrons. The van der Waals surface area contributed by atoms with Gasteiger partial charge in [-0.2, -0.15) is 0 Å². The van der Waals surface area contributed by atoms with E-state index in [2.05, 4.69) is 5.32 Å². The van der Waals surface area contributed by atoms with E-state index in [9.17, 15) is 9.59 Å². The Kier molecular flexibility index (Phi) is 6.20. The van der Waals surface area contributed by atoms with Crippen LogP contribution in [0.15, 0.2) is 0 Å². The lowest BCUT2D eigenvalue weighted by atomic mass is 9.77. The summed E-state index contributed by atoms with van der Waals surface area (Å²) in [5, 5.41) is 3.30. The number of amides is 1. The molecule has 2 aliphatic rings. The van der Waals surface area contributed by atoms with Crippen LogP contribution in [0.2, 0.25) is 0 Å². The van der Waals surface area contributed by atoms with Crippen molar-refractivity contribution in [1.29, 1.82) is 0 Å². The zero-order chi connectivity index (χ0) is 16.0. The minimum Gasteiger partial charge on any atom is -0.466 e. The summed E-state index contributed by atoms with van der Waals surface area (Å²) in [6.45, 7) is 5.54. The molecule has 6 heteroatoms. The number of rotatable bonds is 5.